The van der Waals surface area contributed by atoms with E-state index < -0.39 is 46.0 Å². The van der Waals surface area contributed by atoms with Crippen molar-refractivity contribution in [3.63, 3.8) is 0 Å². The summed E-state index contributed by atoms with van der Waals surface area (Å²) in [4.78, 5) is 23.6. The van der Waals surface area contributed by atoms with Gasteiger partial charge in [-0.1, -0.05) is 0 Å². The topological polar surface area (TPSA) is 98.8 Å². The van der Waals surface area contributed by atoms with E-state index in [0.29, 0.717) is 0 Å². The van der Waals surface area contributed by atoms with E-state index in [4.69, 9.17) is 4.74 Å². The molecule has 11 heteroatoms. The number of carbonyl (C=O) groups is 2. The van der Waals surface area contributed by atoms with Gasteiger partial charge in [0.1, 0.15) is 5.75 Å². The lowest BCUT2D eigenvalue weighted by molar-refractivity contribution is -0.274. The monoisotopic (exact) mass is 395 g/mol. The summed E-state index contributed by atoms with van der Waals surface area (Å²) in [5.41, 5.74) is -0.985. The smallest absolute Gasteiger partial charge is 0.452 e. The first-order valence-electron chi connectivity index (χ1n) is 7.42. The van der Waals surface area contributed by atoms with Crippen molar-refractivity contribution < 1.29 is 40.7 Å². The minimum absolute atomic E-state index is 0.0318. The first-order valence-corrected chi connectivity index (χ1v) is 9.24. The molecule has 1 amide bonds. The Morgan fingerprint density at radius 1 is 1.23 bits per heavy atom. The predicted octanol–water partition coefficient (Wildman–Crippen LogP) is 1.44. The summed E-state index contributed by atoms with van der Waals surface area (Å²) in [6, 6.07) is 4.00. The third-order valence-electron chi connectivity index (χ3n) is 3.60. The maximum Gasteiger partial charge on any atom is 0.573 e. The molecule has 1 aliphatic heterocycles. The molecule has 1 heterocycles. The quantitative estimate of drug-likeness (QED) is 0.758. The molecule has 1 aromatic carbocycles. The average Bonchev–Trinajstić information content (AvgIpc) is 2.77. The Morgan fingerprint density at radius 2 is 1.85 bits per heavy atom. The lowest BCUT2D eigenvalue weighted by Gasteiger charge is -2.23. The van der Waals surface area contributed by atoms with E-state index in [9.17, 15) is 31.2 Å². The van der Waals surface area contributed by atoms with Gasteiger partial charge >= 0.3 is 12.3 Å². The molecule has 26 heavy (non-hydrogen) atoms. The van der Waals surface area contributed by atoms with Crippen molar-refractivity contribution >= 4 is 21.7 Å². The maximum absolute atomic E-state index is 12.1. The summed E-state index contributed by atoms with van der Waals surface area (Å²) in [7, 11) is -3.21. The van der Waals surface area contributed by atoms with E-state index in [-0.39, 0.29) is 23.5 Å². The van der Waals surface area contributed by atoms with Crippen molar-refractivity contribution in [1.82, 2.24) is 5.32 Å². The minimum atomic E-state index is -4.84. The fourth-order valence-corrected chi connectivity index (χ4v) is 4.58. The average molecular weight is 395 g/mol. The number of alkyl halides is 3. The number of rotatable bonds is 5. The zero-order valence-corrected chi connectivity index (χ0v) is 14.4. The molecule has 1 aromatic rings. The van der Waals surface area contributed by atoms with Crippen molar-refractivity contribution in [1.29, 1.82) is 0 Å². The van der Waals surface area contributed by atoms with Crippen molar-refractivity contribution in [3.05, 3.63) is 29.8 Å². The molecular formula is C15H16F3NO6S. The van der Waals surface area contributed by atoms with Gasteiger partial charge in [0.2, 0.25) is 0 Å². The Morgan fingerprint density at radius 3 is 2.35 bits per heavy atom. The number of amides is 1. The number of nitrogens with one attached hydrogen (secondary N) is 1. The molecule has 1 atom stereocenters. The van der Waals surface area contributed by atoms with Crippen LogP contribution in [0, 0.1) is 0 Å². The molecule has 0 unspecified atom stereocenters. The third-order valence-corrected chi connectivity index (χ3v) is 5.51. The van der Waals surface area contributed by atoms with Gasteiger partial charge in [-0.25, -0.2) is 13.2 Å². The van der Waals surface area contributed by atoms with Gasteiger partial charge in [-0.2, -0.15) is 0 Å². The highest BCUT2D eigenvalue weighted by atomic mass is 32.2. The van der Waals surface area contributed by atoms with Crippen LogP contribution in [0.25, 0.3) is 0 Å². The van der Waals surface area contributed by atoms with E-state index in [0.717, 1.165) is 24.3 Å². The van der Waals surface area contributed by atoms with Gasteiger partial charge in [0.25, 0.3) is 5.91 Å². The van der Waals surface area contributed by atoms with E-state index in [1.54, 1.807) is 6.92 Å². The van der Waals surface area contributed by atoms with Gasteiger partial charge in [0.15, 0.2) is 16.4 Å². The van der Waals surface area contributed by atoms with Crippen LogP contribution in [0.15, 0.2) is 24.3 Å². The summed E-state index contributed by atoms with van der Waals surface area (Å²) in [5, 5.41) is 2.51. The summed E-state index contributed by atoms with van der Waals surface area (Å²) in [6.45, 7) is 0.936. The Bertz CT molecular complexity index is 791. The van der Waals surface area contributed by atoms with Crippen LogP contribution >= 0.6 is 0 Å². The maximum atomic E-state index is 12.1. The number of ether oxygens (including phenoxy) is 2. The van der Waals surface area contributed by atoms with Gasteiger partial charge < -0.3 is 14.8 Å². The molecule has 144 valence electrons. The molecule has 0 saturated carbocycles. The number of hydrogen-bond acceptors (Lipinski definition) is 6. The minimum Gasteiger partial charge on any atom is -0.452 e. The zero-order valence-electron chi connectivity index (χ0n) is 13.6. The van der Waals surface area contributed by atoms with Crippen LogP contribution < -0.4 is 10.1 Å². The number of sulfone groups is 1. The number of hydrogen-bond donors (Lipinski definition) is 1. The first-order chi connectivity index (χ1) is 11.9. The molecule has 1 aliphatic rings. The Hall–Kier alpha value is -2.30. The first kappa shape index (κ1) is 20.0. The second-order valence-electron chi connectivity index (χ2n) is 6.10. The molecular weight excluding hydrogens is 379 g/mol. The van der Waals surface area contributed by atoms with Crippen LogP contribution in [0.4, 0.5) is 13.2 Å². The van der Waals surface area contributed by atoms with Gasteiger partial charge in [-0.15, -0.1) is 13.2 Å². The summed E-state index contributed by atoms with van der Waals surface area (Å²) in [5.74, 6) is -2.31. The molecule has 0 aromatic heterocycles. The van der Waals surface area contributed by atoms with E-state index in [1.165, 1.54) is 0 Å². The molecule has 0 aliphatic carbocycles. The molecule has 1 N–H and O–H groups in total. The van der Waals surface area contributed by atoms with E-state index in [2.05, 4.69) is 10.1 Å². The van der Waals surface area contributed by atoms with Crippen LogP contribution in [0.5, 0.6) is 5.75 Å². The summed E-state index contributed by atoms with van der Waals surface area (Å²) >= 11 is 0. The second kappa shape index (κ2) is 7.14. The molecule has 0 radical (unpaired) electrons. The van der Waals surface area contributed by atoms with Gasteiger partial charge in [0.05, 0.1) is 22.6 Å². The molecule has 2 rings (SSSR count). The van der Waals surface area contributed by atoms with Crippen molar-refractivity contribution in [3.8, 4) is 5.75 Å². The Balaban J connectivity index is 1.85. The zero-order chi connectivity index (χ0) is 19.6. The molecule has 0 bridgehead atoms. The predicted molar refractivity (Wildman–Crippen MR) is 83.2 cm³/mol. The van der Waals surface area contributed by atoms with E-state index in [1.807, 2.05) is 0 Å². The van der Waals surface area contributed by atoms with Crippen molar-refractivity contribution in [2.24, 2.45) is 0 Å². The fourth-order valence-electron chi connectivity index (χ4n) is 2.49. The third kappa shape index (κ3) is 5.90. The fraction of sp³-hybridized carbons (Fsp3) is 0.467. The second-order valence-corrected chi connectivity index (χ2v) is 8.28. The Labute approximate surface area is 147 Å². The number of benzene rings is 1. The lowest BCUT2D eigenvalue weighted by Crippen LogP contribution is -2.48. The largest absolute Gasteiger partial charge is 0.573 e. The lowest BCUT2D eigenvalue weighted by atomic mass is 10.0. The number of halogens is 3. The number of esters is 1. The molecule has 0 spiro atoms. The standard InChI is InChI=1S/C15H16F3NO6S/c1-14(6-7-26(22,23)9-14)19-12(20)8-24-13(21)10-2-4-11(5-3-10)25-15(16,17)18/h2-5H,6-9H2,1H3,(H,19,20)/t14-/m1/s1. The molecule has 1 fully saturated rings. The van der Waals surface area contributed by atoms with Crippen LogP contribution in [-0.2, 0) is 19.4 Å². The van der Waals surface area contributed by atoms with Crippen molar-refractivity contribution in [2.45, 2.75) is 25.2 Å². The highest BCUT2D eigenvalue weighted by Crippen LogP contribution is 2.23. The highest BCUT2D eigenvalue weighted by Gasteiger charge is 2.39. The van der Waals surface area contributed by atoms with Crippen LogP contribution in [0.3, 0.4) is 0 Å². The highest BCUT2D eigenvalue weighted by molar-refractivity contribution is 7.91. The van der Waals surface area contributed by atoms with Gasteiger partial charge in [-0.3, -0.25) is 4.79 Å². The van der Waals surface area contributed by atoms with E-state index >= 15 is 0 Å². The molecule has 7 nitrogen and oxygen atoms in total. The van der Waals surface area contributed by atoms with Gasteiger partial charge in [-0.05, 0) is 37.6 Å². The number of carbonyl (C=O) groups excluding carboxylic acids is 2. The van der Waals surface area contributed by atoms with Crippen LogP contribution in [-0.4, -0.2) is 50.3 Å². The summed E-state index contributed by atoms with van der Waals surface area (Å²) in [6.07, 6.45) is -4.58. The SMILES string of the molecule is C[C@@]1(NC(=O)COC(=O)c2ccc(OC(F)(F)F)cc2)CCS(=O)(=O)C1. The summed E-state index contributed by atoms with van der Waals surface area (Å²) < 4.78 is 67.6. The normalized spacial score (nSPS) is 21.8. The van der Waals surface area contributed by atoms with Crippen molar-refractivity contribution in [2.75, 3.05) is 18.1 Å². The Kier molecular flexibility index (Phi) is 5.49. The van der Waals surface area contributed by atoms with Crippen LogP contribution in [0.1, 0.15) is 23.7 Å². The molecule has 1 saturated heterocycles. The van der Waals surface area contributed by atoms with Gasteiger partial charge in [0, 0.05) is 0 Å². The van der Waals surface area contributed by atoms with Crippen LogP contribution in [0.2, 0.25) is 0 Å².